The highest BCUT2D eigenvalue weighted by molar-refractivity contribution is 7.98. The Kier molecular flexibility index (Phi) is 4.08. The van der Waals surface area contributed by atoms with Gasteiger partial charge in [-0.05, 0) is 40.5 Å². The van der Waals surface area contributed by atoms with E-state index >= 15 is 0 Å². The fourth-order valence-corrected chi connectivity index (χ4v) is 2.78. The molecule has 3 heteroatoms. The Hall–Kier alpha value is -0.200. The summed E-state index contributed by atoms with van der Waals surface area (Å²) in [5.74, 6) is 0. The van der Waals surface area contributed by atoms with Crippen molar-refractivity contribution >= 4 is 11.9 Å². The standard InChI is InChI=1S/C12H22N2S/c1-10(14-15-11(2,3)4)12(9-13)7-5-6-8-12/h10,14H,5-8H2,1-4H3/t10-/m1/s1. The summed E-state index contributed by atoms with van der Waals surface area (Å²) < 4.78 is 3.66. The van der Waals surface area contributed by atoms with E-state index < -0.39 is 0 Å². The summed E-state index contributed by atoms with van der Waals surface area (Å²) in [6, 6.07) is 2.82. The third-order valence-electron chi connectivity index (χ3n) is 3.09. The van der Waals surface area contributed by atoms with E-state index in [2.05, 4.69) is 38.5 Å². The first-order valence-corrected chi connectivity index (χ1v) is 6.56. The van der Waals surface area contributed by atoms with Crippen LogP contribution in [0.15, 0.2) is 0 Å². The molecule has 1 aliphatic rings. The summed E-state index contributed by atoms with van der Waals surface area (Å²) in [5, 5.41) is 9.32. The van der Waals surface area contributed by atoms with E-state index in [0.29, 0.717) is 0 Å². The second-order valence-electron chi connectivity index (χ2n) is 5.53. The summed E-state index contributed by atoms with van der Waals surface area (Å²) in [6.07, 6.45) is 4.53. The van der Waals surface area contributed by atoms with Crippen LogP contribution in [0, 0.1) is 16.7 Å². The van der Waals surface area contributed by atoms with Crippen molar-refractivity contribution in [1.82, 2.24) is 4.72 Å². The normalized spacial score (nSPS) is 22.3. The molecule has 0 unspecified atom stereocenters. The van der Waals surface area contributed by atoms with Crippen molar-refractivity contribution in [2.24, 2.45) is 5.41 Å². The minimum atomic E-state index is -0.113. The molecule has 15 heavy (non-hydrogen) atoms. The molecule has 1 rings (SSSR count). The highest BCUT2D eigenvalue weighted by atomic mass is 32.2. The first kappa shape index (κ1) is 12.9. The summed E-state index contributed by atoms with van der Waals surface area (Å²) in [6.45, 7) is 8.70. The van der Waals surface area contributed by atoms with Crippen LogP contribution in [0.2, 0.25) is 0 Å². The topological polar surface area (TPSA) is 35.8 Å². The first-order chi connectivity index (χ1) is 6.90. The molecule has 0 aromatic carbocycles. The number of hydrogen-bond donors (Lipinski definition) is 1. The molecular formula is C12H22N2S. The van der Waals surface area contributed by atoms with E-state index in [1.165, 1.54) is 12.8 Å². The van der Waals surface area contributed by atoms with E-state index in [0.717, 1.165) is 12.8 Å². The molecule has 2 nitrogen and oxygen atoms in total. The Balaban J connectivity index is 2.52. The van der Waals surface area contributed by atoms with Crippen LogP contribution in [0.1, 0.15) is 53.4 Å². The molecule has 1 fully saturated rings. The quantitative estimate of drug-likeness (QED) is 0.748. The van der Waals surface area contributed by atoms with Crippen LogP contribution in [0.3, 0.4) is 0 Å². The summed E-state index contributed by atoms with van der Waals surface area (Å²) in [5.41, 5.74) is -0.113. The molecular weight excluding hydrogens is 204 g/mol. The smallest absolute Gasteiger partial charge is 0.0733 e. The lowest BCUT2D eigenvalue weighted by Gasteiger charge is -2.31. The Morgan fingerprint density at radius 1 is 1.33 bits per heavy atom. The number of nitriles is 1. The van der Waals surface area contributed by atoms with Crippen molar-refractivity contribution in [2.75, 3.05) is 0 Å². The van der Waals surface area contributed by atoms with Crippen molar-refractivity contribution < 1.29 is 0 Å². The lowest BCUT2D eigenvalue weighted by Crippen LogP contribution is -2.39. The fourth-order valence-electron chi connectivity index (χ4n) is 2.03. The SMILES string of the molecule is C[C@@H](NSC(C)(C)C)C1(C#N)CCCC1. The molecule has 86 valence electrons. The maximum absolute atomic E-state index is 9.32. The molecule has 1 N–H and O–H groups in total. The third-order valence-corrected chi connectivity index (χ3v) is 4.17. The molecule has 0 saturated heterocycles. The van der Waals surface area contributed by atoms with Crippen LogP contribution in [0.5, 0.6) is 0 Å². The average Bonchev–Trinajstić information content (AvgIpc) is 2.62. The van der Waals surface area contributed by atoms with Crippen molar-refractivity contribution in [3.63, 3.8) is 0 Å². The molecule has 1 aliphatic carbocycles. The zero-order chi connectivity index (χ0) is 11.5. The summed E-state index contributed by atoms with van der Waals surface area (Å²) in [4.78, 5) is 0. The molecule has 0 heterocycles. The Morgan fingerprint density at radius 3 is 2.27 bits per heavy atom. The minimum absolute atomic E-state index is 0.113. The van der Waals surface area contributed by atoms with Crippen LogP contribution >= 0.6 is 11.9 Å². The largest absolute Gasteiger partial charge is 0.259 e. The van der Waals surface area contributed by atoms with Gasteiger partial charge in [-0.25, -0.2) is 0 Å². The second kappa shape index (κ2) is 4.76. The zero-order valence-electron chi connectivity index (χ0n) is 10.3. The molecule has 0 aliphatic heterocycles. The van der Waals surface area contributed by atoms with Crippen LogP contribution in [-0.2, 0) is 0 Å². The number of nitrogens with one attached hydrogen (secondary N) is 1. The molecule has 1 atom stereocenters. The van der Waals surface area contributed by atoms with Gasteiger partial charge >= 0.3 is 0 Å². The minimum Gasteiger partial charge on any atom is -0.259 e. The van der Waals surface area contributed by atoms with Gasteiger partial charge in [-0.2, -0.15) is 5.26 Å². The van der Waals surface area contributed by atoms with Crippen molar-refractivity contribution in [1.29, 1.82) is 5.26 Å². The lowest BCUT2D eigenvalue weighted by molar-refractivity contribution is 0.325. The van der Waals surface area contributed by atoms with Gasteiger partial charge in [-0.15, -0.1) is 0 Å². The van der Waals surface area contributed by atoms with Crippen molar-refractivity contribution in [3.05, 3.63) is 0 Å². The summed E-state index contributed by atoms with van der Waals surface area (Å²) >= 11 is 1.74. The van der Waals surface area contributed by atoms with Crippen LogP contribution in [0.25, 0.3) is 0 Å². The van der Waals surface area contributed by atoms with Gasteiger partial charge in [0.25, 0.3) is 0 Å². The Bertz CT molecular complexity index is 243. The number of hydrogen-bond acceptors (Lipinski definition) is 3. The average molecular weight is 226 g/mol. The maximum Gasteiger partial charge on any atom is 0.0733 e. The van der Waals surface area contributed by atoms with E-state index in [-0.39, 0.29) is 16.2 Å². The maximum atomic E-state index is 9.32. The van der Waals surface area contributed by atoms with Gasteiger partial charge in [0.05, 0.1) is 11.5 Å². The van der Waals surface area contributed by atoms with Gasteiger partial charge in [0.2, 0.25) is 0 Å². The number of nitrogens with zero attached hydrogens (tertiary/aromatic N) is 1. The second-order valence-corrected chi connectivity index (χ2v) is 7.19. The monoisotopic (exact) mass is 226 g/mol. The van der Waals surface area contributed by atoms with Gasteiger partial charge in [0, 0.05) is 10.8 Å². The highest BCUT2D eigenvalue weighted by Crippen LogP contribution is 2.41. The van der Waals surface area contributed by atoms with Gasteiger partial charge in [-0.3, -0.25) is 4.72 Å². The van der Waals surface area contributed by atoms with Crippen LogP contribution < -0.4 is 4.72 Å². The van der Waals surface area contributed by atoms with Gasteiger partial charge in [0.1, 0.15) is 0 Å². The fraction of sp³-hybridized carbons (Fsp3) is 0.917. The van der Waals surface area contributed by atoms with Gasteiger partial charge in [0.15, 0.2) is 0 Å². The lowest BCUT2D eigenvalue weighted by atomic mass is 9.81. The predicted molar refractivity (Wildman–Crippen MR) is 66.5 cm³/mol. The third kappa shape index (κ3) is 3.39. The van der Waals surface area contributed by atoms with Crippen molar-refractivity contribution in [2.45, 2.75) is 64.2 Å². The highest BCUT2D eigenvalue weighted by Gasteiger charge is 2.39. The van der Waals surface area contributed by atoms with Crippen molar-refractivity contribution in [3.8, 4) is 6.07 Å². The molecule has 1 saturated carbocycles. The predicted octanol–water partition coefficient (Wildman–Crippen LogP) is 3.50. The zero-order valence-corrected chi connectivity index (χ0v) is 11.1. The molecule has 0 amide bonds. The van der Waals surface area contributed by atoms with Gasteiger partial charge < -0.3 is 0 Å². The Labute approximate surface area is 97.9 Å². The Morgan fingerprint density at radius 2 is 1.87 bits per heavy atom. The van der Waals surface area contributed by atoms with E-state index in [1.807, 2.05) is 0 Å². The molecule has 0 aromatic rings. The molecule has 0 radical (unpaired) electrons. The van der Waals surface area contributed by atoms with Crippen LogP contribution in [0.4, 0.5) is 0 Å². The van der Waals surface area contributed by atoms with E-state index in [9.17, 15) is 5.26 Å². The molecule has 0 spiro atoms. The van der Waals surface area contributed by atoms with E-state index in [1.54, 1.807) is 11.9 Å². The van der Waals surface area contributed by atoms with E-state index in [4.69, 9.17) is 0 Å². The molecule has 0 bridgehead atoms. The number of rotatable bonds is 3. The van der Waals surface area contributed by atoms with Gasteiger partial charge in [-0.1, -0.05) is 24.8 Å². The first-order valence-electron chi connectivity index (χ1n) is 5.74. The summed E-state index contributed by atoms with van der Waals surface area (Å²) in [7, 11) is 0. The molecule has 0 aromatic heterocycles. The van der Waals surface area contributed by atoms with Crippen LogP contribution in [-0.4, -0.2) is 10.8 Å².